The van der Waals surface area contributed by atoms with Crippen molar-refractivity contribution in [3.05, 3.63) is 29.3 Å². The molecular formula is C16H24N2OS. The smallest absolute Gasteiger partial charge is 0.256 e. The number of hydrogen-bond donors (Lipinski definition) is 1. The van der Waals surface area contributed by atoms with Crippen LogP contribution in [0.2, 0.25) is 0 Å². The Hall–Kier alpha value is -1.16. The predicted octanol–water partition coefficient (Wildman–Crippen LogP) is 3.39. The van der Waals surface area contributed by atoms with Crippen LogP contribution in [-0.4, -0.2) is 40.9 Å². The molecule has 0 spiro atoms. The molecule has 0 unspecified atom stereocenters. The highest BCUT2D eigenvalue weighted by Crippen LogP contribution is 2.31. The summed E-state index contributed by atoms with van der Waals surface area (Å²) in [5.74, 6) is 1.16. The number of nitrogens with zero attached hydrogens (tertiary/aromatic N) is 1. The first-order valence-corrected chi connectivity index (χ1v) is 8.19. The fraction of sp³-hybridized carbons (Fsp3) is 0.562. The quantitative estimate of drug-likeness (QED) is 0.927. The van der Waals surface area contributed by atoms with Gasteiger partial charge in [0.2, 0.25) is 0 Å². The summed E-state index contributed by atoms with van der Waals surface area (Å²) >= 11 is 1.94. The van der Waals surface area contributed by atoms with Crippen LogP contribution in [-0.2, 0) is 0 Å². The molecule has 1 heterocycles. The number of carbonyl (C=O) groups excluding carboxylic acids is 1. The van der Waals surface area contributed by atoms with Gasteiger partial charge in [-0.25, -0.2) is 0 Å². The van der Waals surface area contributed by atoms with E-state index in [0.717, 1.165) is 36.6 Å². The first kappa shape index (κ1) is 15.2. The number of benzene rings is 1. The van der Waals surface area contributed by atoms with E-state index in [4.69, 9.17) is 0 Å². The molecule has 0 saturated carbocycles. The summed E-state index contributed by atoms with van der Waals surface area (Å²) in [6.07, 6.45) is 0. The van der Waals surface area contributed by atoms with E-state index in [0.29, 0.717) is 0 Å². The molecule has 0 radical (unpaired) electrons. The molecule has 3 nitrogen and oxygen atoms in total. The van der Waals surface area contributed by atoms with Crippen LogP contribution < -0.4 is 5.32 Å². The van der Waals surface area contributed by atoms with Gasteiger partial charge in [-0.3, -0.25) is 4.79 Å². The topological polar surface area (TPSA) is 32.3 Å². The largest absolute Gasteiger partial charge is 0.385 e. The third-order valence-corrected chi connectivity index (χ3v) is 4.78. The van der Waals surface area contributed by atoms with Gasteiger partial charge in [0.1, 0.15) is 0 Å². The molecule has 2 rings (SSSR count). The van der Waals surface area contributed by atoms with Crippen LogP contribution >= 0.6 is 11.8 Å². The Bertz CT molecular complexity index is 499. The van der Waals surface area contributed by atoms with Gasteiger partial charge in [0, 0.05) is 35.8 Å². The van der Waals surface area contributed by atoms with Crippen LogP contribution in [0.5, 0.6) is 0 Å². The Morgan fingerprint density at radius 2 is 2.20 bits per heavy atom. The number of rotatable bonds is 3. The lowest BCUT2D eigenvalue weighted by Gasteiger charge is -2.37. The van der Waals surface area contributed by atoms with Crippen molar-refractivity contribution in [3.63, 3.8) is 0 Å². The summed E-state index contributed by atoms with van der Waals surface area (Å²) in [5.41, 5.74) is 2.92. The summed E-state index contributed by atoms with van der Waals surface area (Å²) in [7, 11) is 0. The Kier molecular flexibility index (Phi) is 4.63. The van der Waals surface area contributed by atoms with Gasteiger partial charge in [-0.05, 0) is 45.4 Å². The highest BCUT2D eigenvalue weighted by Gasteiger charge is 2.30. The van der Waals surface area contributed by atoms with E-state index >= 15 is 0 Å². The number of anilines is 1. The molecule has 1 saturated heterocycles. The van der Waals surface area contributed by atoms with Gasteiger partial charge in [0.15, 0.2) is 0 Å². The molecule has 1 amide bonds. The van der Waals surface area contributed by atoms with Crippen LogP contribution in [0, 0.1) is 6.92 Å². The van der Waals surface area contributed by atoms with Crippen molar-refractivity contribution in [2.45, 2.75) is 32.4 Å². The second-order valence-electron chi connectivity index (χ2n) is 5.91. The second kappa shape index (κ2) is 6.08. The Morgan fingerprint density at radius 1 is 1.45 bits per heavy atom. The minimum atomic E-state index is 0.148. The van der Waals surface area contributed by atoms with Gasteiger partial charge in [-0.15, -0.1) is 0 Å². The van der Waals surface area contributed by atoms with E-state index in [9.17, 15) is 4.79 Å². The molecule has 4 heteroatoms. The van der Waals surface area contributed by atoms with Gasteiger partial charge >= 0.3 is 0 Å². The molecule has 1 fully saturated rings. The van der Waals surface area contributed by atoms with E-state index in [1.807, 2.05) is 28.8 Å². The lowest BCUT2D eigenvalue weighted by atomic mass is 10.1. The van der Waals surface area contributed by atoms with E-state index in [-0.39, 0.29) is 10.7 Å². The predicted molar refractivity (Wildman–Crippen MR) is 87.8 cm³/mol. The fourth-order valence-electron chi connectivity index (χ4n) is 2.54. The van der Waals surface area contributed by atoms with E-state index in [2.05, 4.69) is 39.1 Å². The zero-order valence-corrected chi connectivity index (χ0v) is 13.6. The van der Waals surface area contributed by atoms with Crippen LogP contribution in [0.3, 0.4) is 0 Å². The van der Waals surface area contributed by atoms with Crippen molar-refractivity contribution in [2.75, 3.05) is 30.7 Å². The van der Waals surface area contributed by atoms with E-state index in [1.54, 1.807) is 0 Å². The van der Waals surface area contributed by atoms with Crippen molar-refractivity contribution >= 4 is 23.4 Å². The van der Waals surface area contributed by atoms with Crippen LogP contribution in [0.15, 0.2) is 18.2 Å². The monoisotopic (exact) mass is 292 g/mol. The van der Waals surface area contributed by atoms with Crippen molar-refractivity contribution < 1.29 is 4.79 Å². The third kappa shape index (κ3) is 3.48. The second-order valence-corrected chi connectivity index (χ2v) is 7.72. The average Bonchev–Trinajstić information content (AvgIpc) is 2.37. The zero-order chi connectivity index (χ0) is 14.8. The maximum Gasteiger partial charge on any atom is 0.256 e. The molecule has 0 aliphatic carbocycles. The summed E-state index contributed by atoms with van der Waals surface area (Å²) in [5, 5.41) is 3.30. The zero-order valence-electron chi connectivity index (χ0n) is 12.8. The maximum atomic E-state index is 12.8. The number of carbonyl (C=O) groups is 1. The molecule has 1 aliphatic rings. The van der Waals surface area contributed by atoms with E-state index in [1.165, 1.54) is 5.56 Å². The van der Waals surface area contributed by atoms with Gasteiger partial charge in [-0.2, -0.15) is 11.8 Å². The van der Waals surface area contributed by atoms with Gasteiger partial charge < -0.3 is 10.2 Å². The number of amides is 1. The van der Waals surface area contributed by atoms with Gasteiger partial charge in [-0.1, -0.05) is 6.07 Å². The number of hydrogen-bond acceptors (Lipinski definition) is 3. The minimum Gasteiger partial charge on any atom is -0.385 e. The highest BCUT2D eigenvalue weighted by atomic mass is 32.2. The minimum absolute atomic E-state index is 0.148. The van der Waals surface area contributed by atoms with Crippen LogP contribution in [0.4, 0.5) is 5.69 Å². The molecule has 1 N–H and O–H groups in total. The SMILES string of the molecule is CCNc1cc(C)ccc1C(=O)N1CCSC(C)(C)C1. The number of nitrogens with one attached hydrogen (secondary N) is 1. The Balaban J connectivity index is 2.24. The first-order chi connectivity index (χ1) is 9.43. The molecular weight excluding hydrogens is 268 g/mol. The standard InChI is InChI=1S/C16H24N2OS/c1-5-17-14-10-12(2)6-7-13(14)15(19)18-8-9-20-16(3,4)11-18/h6-7,10,17H,5,8-9,11H2,1-4H3. The van der Waals surface area contributed by atoms with Gasteiger partial charge in [0.25, 0.3) is 5.91 Å². The summed E-state index contributed by atoms with van der Waals surface area (Å²) in [4.78, 5) is 14.8. The maximum absolute atomic E-state index is 12.8. The van der Waals surface area contributed by atoms with Gasteiger partial charge in [0.05, 0.1) is 5.56 Å². The number of thioether (sulfide) groups is 1. The lowest BCUT2D eigenvalue weighted by molar-refractivity contribution is 0.0749. The highest BCUT2D eigenvalue weighted by molar-refractivity contribution is 8.00. The molecule has 1 aliphatic heterocycles. The molecule has 1 aromatic carbocycles. The molecule has 1 aromatic rings. The van der Waals surface area contributed by atoms with Crippen LogP contribution in [0.25, 0.3) is 0 Å². The fourth-order valence-corrected chi connectivity index (χ4v) is 3.65. The molecule has 0 aromatic heterocycles. The average molecular weight is 292 g/mol. The molecule has 0 atom stereocenters. The molecule has 0 bridgehead atoms. The van der Waals surface area contributed by atoms with Crippen molar-refractivity contribution in [1.29, 1.82) is 0 Å². The molecule has 20 heavy (non-hydrogen) atoms. The third-order valence-electron chi connectivity index (χ3n) is 3.49. The summed E-state index contributed by atoms with van der Waals surface area (Å²) in [6.45, 7) is 11.0. The summed E-state index contributed by atoms with van der Waals surface area (Å²) < 4.78 is 0.150. The summed E-state index contributed by atoms with van der Waals surface area (Å²) in [6, 6.07) is 6.02. The van der Waals surface area contributed by atoms with Crippen molar-refractivity contribution in [1.82, 2.24) is 4.90 Å². The van der Waals surface area contributed by atoms with E-state index < -0.39 is 0 Å². The molecule has 110 valence electrons. The van der Waals surface area contributed by atoms with Crippen molar-refractivity contribution in [3.8, 4) is 0 Å². The lowest BCUT2D eigenvalue weighted by Crippen LogP contribution is -2.46. The number of aryl methyl sites for hydroxylation is 1. The Labute approximate surface area is 126 Å². The van der Waals surface area contributed by atoms with Crippen molar-refractivity contribution in [2.24, 2.45) is 0 Å². The van der Waals surface area contributed by atoms with Crippen LogP contribution in [0.1, 0.15) is 36.7 Å². The first-order valence-electron chi connectivity index (χ1n) is 7.21. The normalized spacial score (nSPS) is 17.9. The Morgan fingerprint density at radius 3 is 2.85 bits per heavy atom.